The molecule has 15 heteroatoms. The summed E-state index contributed by atoms with van der Waals surface area (Å²) in [7, 11) is -2.23. The zero-order valence-electron chi connectivity index (χ0n) is 24.0. The van der Waals surface area contributed by atoms with Crippen LogP contribution in [-0.4, -0.2) is 39.1 Å². The van der Waals surface area contributed by atoms with E-state index in [0.29, 0.717) is 16.9 Å². The summed E-state index contributed by atoms with van der Waals surface area (Å²) in [4.78, 5) is 39.6. The molecule has 0 atom stereocenters. The smallest absolute Gasteiger partial charge is 0.332 e. The number of aryl methyl sites for hydroxylation is 2. The van der Waals surface area contributed by atoms with Gasteiger partial charge in [-0.3, -0.25) is 23.4 Å². The van der Waals surface area contributed by atoms with Crippen LogP contribution in [0, 0.1) is 18.7 Å². The molecule has 0 spiro atoms. The van der Waals surface area contributed by atoms with Gasteiger partial charge in [-0.2, -0.15) is 5.10 Å². The Morgan fingerprint density at radius 3 is 2.41 bits per heavy atom. The highest BCUT2D eigenvalue weighted by Crippen LogP contribution is 2.31. The Morgan fingerprint density at radius 2 is 1.80 bits per heavy atom. The molecular weight excluding hydrogens is 613 g/mol. The van der Waals surface area contributed by atoms with Crippen molar-refractivity contribution in [2.24, 2.45) is 13.0 Å². The van der Waals surface area contributed by atoms with Crippen molar-refractivity contribution in [3.05, 3.63) is 97.2 Å². The molecular formula is C29H31ClFN7O5S. The van der Waals surface area contributed by atoms with Gasteiger partial charge in [0.1, 0.15) is 33.2 Å². The molecule has 0 aliphatic heterocycles. The molecule has 2 heterocycles. The van der Waals surface area contributed by atoms with Gasteiger partial charge in [-0.15, -0.1) is 0 Å². The van der Waals surface area contributed by atoms with Crippen LogP contribution in [0.25, 0.3) is 0 Å². The van der Waals surface area contributed by atoms with Crippen molar-refractivity contribution in [3.8, 4) is 0 Å². The minimum absolute atomic E-state index is 0.0215. The van der Waals surface area contributed by atoms with Crippen molar-refractivity contribution in [2.75, 3.05) is 22.2 Å². The van der Waals surface area contributed by atoms with E-state index in [1.54, 1.807) is 44.3 Å². The molecule has 1 amide bonds. The molecule has 44 heavy (non-hydrogen) atoms. The first-order chi connectivity index (χ1) is 20.9. The summed E-state index contributed by atoms with van der Waals surface area (Å²) in [5.74, 6) is -1.48. The fourth-order valence-corrected chi connectivity index (χ4v) is 6.74. The summed E-state index contributed by atoms with van der Waals surface area (Å²) in [6.07, 6.45) is 1.68. The van der Waals surface area contributed by atoms with Crippen LogP contribution in [0.5, 0.6) is 0 Å². The number of halogens is 2. The van der Waals surface area contributed by atoms with Gasteiger partial charge in [-0.05, 0) is 49.4 Å². The Hall–Kier alpha value is -4.43. The van der Waals surface area contributed by atoms with Gasteiger partial charge >= 0.3 is 5.69 Å². The predicted octanol–water partition coefficient (Wildman–Crippen LogP) is 2.91. The van der Waals surface area contributed by atoms with E-state index >= 15 is 0 Å². The molecule has 1 aliphatic rings. The topological polar surface area (TPSA) is 163 Å². The number of aromatic nitrogens is 4. The monoisotopic (exact) mass is 643 g/mol. The fourth-order valence-electron chi connectivity index (χ4n) is 4.83. The number of rotatable bonds is 11. The van der Waals surface area contributed by atoms with E-state index in [2.05, 4.69) is 15.7 Å². The van der Waals surface area contributed by atoms with Crippen LogP contribution in [0.15, 0.2) is 63.0 Å². The number of nitrogens with one attached hydrogen (secondary N) is 2. The molecule has 1 saturated carbocycles. The summed E-state index contributed by atoms with van der Waals surface area (Å²) >= 11 is 6.11. The van der Waals surface area contributed by atoms with E-state index in [0.717, 1.165) is 17.4 Å². The number of benzene rings is 2. The van der Waals surface area contributed by atoms with Crippen LogP contribution in [0.1, 0.15) is 29.7 Å². The van der Waals surface area contributed by atoms with Gasteiger partial charge in [-0.1, -0.05) is 41.9 Å². The second-order valence-electron chi connectivity index (χ2n) is 10.8. The molecule has 0 unspecified atom stereocenters. The summed E-state index contributed by atoms with van der Waals surface area (Å²) < 4.78 is 43.4. The number of hydrogen-bond acceptors (Lipinski definition) is 8. The lowest BCUT2D eigenvalue weighted by atomic mass is 10.1. The minimum Gasteiger partial charge on any atom is -0.383 e. The molecule has 2 aromatic carbocycles. The second kappa shape index (κ2) is 12.3. The van der Waals surface area contributed by atoms with E-state index < -0.39 is 38.7 Å². The number of hydrogen-bond donors (Lipinski definition) is 3. The summed E-state index contributed by atoms with van der Waals surface area (Å²) in [6.45, 7) is 1.52. The number of carbonyl (C=O) groups is 1. The van der Waals surface area contributed by atoms with Crippen molar-refractivity contribution >= 4 is 44.5 Å². The lowest BCUT2D eigenvalue weighted by Gasteiger charge is -2.17. The highest BCUT2D eigenvalue weighted by atomic mass is 35.5. The minimum atomic E-state index is -3.79. The van der Waals surface area contributed by atoms with Crippen LogP contribution < -0.4 is 27.6 Å². The van der Waals surface area contributed by atoms with Crippen molar-refractivity contribution in [2.45, 2.75) is 44.2 Å². The van der Waals surface area contributed by atoms with E-state index in [1.165, 1.54) is 27.4 Å². The van der Waals surface area contributed by atoms with E-state index in [1.807, 2.05) is 0 Å². The van der Waals surface area contributed by atoms with Gasteiger partial charge in [0.15, 0.2) is 0 Å². The van der Waals surface area contributed by atoms with Crippen LogP contribution in [0.3, 0.4) is 0 Å². The quantitative estimate of drug-likeness (QED) is 0.225. The van der Waals surface area contributed by atoms with Gasteiger partial charge in [0, 0.05) is 24.8 Å². The fraction of sp³-hybridized carbons (Fsp3) is 0.310. The third kappa shape index (κ3) is 6.55. The van der Waals surface area contributed by atoms with Crippen LogP contribution >= 0.6 is 11.6 Å². The maximum Gasteiger partial charge on any atom is 0.332 e. The van der Waals surface area contributed by atoms with Crippen molar-refractivity contribution < 1.29 is 17.6 Å². The number of nitrogen functional groups attached to an aromatic ring is 1. The lowest BCUT2D eigenvalue weighted by Crippen LogP contribution is -2.43. The van der Waals surface area contributed by atoms with Crippen LogP contribution in [0.2, 0.25) is 5.15 Å². The maximum absolute atomic E-state index is 14.4. The second-order valence-corrected chi connectivity index (χ2v) is 13.1. The average molecular weight is 644 g/mol. The van der Waals surface area contributed by atoms with Gasteiger partial charge in [0.25, 0.3) is 5.56 Å². The predicted molar refractivity (Wildman–Crippen MR) is 165 cm³/mol. The third-order valence-corrected chi connectivity index (χ3v) is 9.53. The number of carbonyl (C=O) groups excluding carboxylic acids is 1. The lowest BCUT2D eigenvalue weighted by molar-refractivity contribution is -0.115. The molecule has 0 radical (unpaired) electrons. The number of nitrogens with zero attached hydrogens (tertiary/aromatic N) is 4. The van der Waals surface area contributed by atoms with Crippen LogP contribution in [0.4, 0.5) is 21.6 Å². The number of anilines is 3. The van der Waals surface area contributed by atoms with Crippen molar-refractivity contribution in [1.82, 2.24) is 18.9 Å². The maximum atomic E-state index is 14.4. The first kappa shape index (κ1) is 31.0. The Kier molecular flexibility index (Phi) is 8.66. The van der Waals surface area contributed by atoms with Gasteiger partial charge in [0.2, 0.25) is 15.7 Å². The summed E-state index contributed by atoms with van der Waals surface area (Å²) in [6, 6.07) is 12.3. The molecule has 4 aromatic rings. The standard InChI is InChI=1S/C29H31ClFN7O5S/c1-17-25(26(30)36(2)35-17)44(42,43)16-33-21-11-9-18(10-12-21)13-23(39)34-24-27(32)37(14-19-7-8-19)29(41)38(28(24)40)15-20-5-3-4-6-22(20)31/h3-6,9-12,19,33H,7-8,13-16,32H2,1-2H3,(H,34,39). The number of amides is 1. The normalized spacial score (nSPS) is 13.2. The largest absolute Gasteiger partial charge is 0.383 e. The molecule has 1 aliphatic carbocycles. The Morgan fingerprint density at radius 1 is 1.11 bits per heavy atom. The van der Waals surface area contributed by atoms with Gasteiger partial charge < -0.3 is 16.4 Å². The van der Waals surface area contributed by atoms with Gasteiger partial charge in [0.05, 0.1) is 18.7 Å². The highest BCUT2D eigenvalue weighted by molar-refractivity contribution is 7.91. The molecule has 232 valence electrons. The van der Waals surface area contributed by atoms with Crippen LogP contribution in [-0.2, 0) is 41.2 Å². The van der Waals surface area contributed by atoms with Crippen molar-refractivity contribution in [3.63, 3.8) is 0 Å². The van der Waals surface area contributed by atoms with E-state index in [4.69, 9.17) is 17.3 Å². The average Bonchev–Trinajstić information content (AvgIpc) is 3.76. The molecule has 1 fully saturated rings. The third-order valence-electron chi connectivity index (χ3n) is 7.35. The molecule has 5 rings (SSSR count). The Bertz CT molecular complexity index is 1970. The highest BCUT2D eigenvalue weighted by Gasteiger charge is 2.27. The Labute approximate surface area is 257 Å². The van der Waals surface area contributed by atoms with Crippen molar-refractivity contribution in [1.29, 1.82) is 0 Å². The van der Waals surface area contributed by atoms with E-state index in [9.17, 15) is 27.2 Å². The number of sulfone groups is 1. The van der Waals surface area contributed by atoms with E-state index in [-0.39, 0.29) is 52.5 Å². The molecule has 0 saturated heterocycles. The number of nitrogens with two attached hydrogens (primary N) is 1. The Balaban J connectivity index is 1.31. The summed E-state index contributed by atoms with van der Waals surface area (Å²) in [5.41, 5.74) is 5.97. The molecule has 12 nitrogen and oxygen atoms in total. The SMILES string of the molecule is Cc1nn(C)c(Cl)c1S(=O)(=O)CNc1ccc(CC(=O)Nc2c(N)n(CC3CC3)c(=O)n(Cc3ccccc3F)c2=O)cc1. The first-order valence-corrected chi connectivity index (χ1v) is 15.8. The molecule has 4 N–H and O–H groups in total. The zero-order chi connectivity index (χ0) is 31.8. The first-order valence-electron chi connectivity index (χ1n) is 13.8. The molecule has 0 bridgehead atoms. The zero-order valence-corrected chi connectivity index (χ0v) is 25.6. The molecule has 2 aromatic heterocycles. The summed E-state index contributed by atoms with van der Waals surface area (Å²) in [5, 5.41) is 9.46. The van der Waals surface area contributed by atoms with Gasteiger partial charge in [-0.25, -0.2) is 17.6 Å².